The Kier molecular flexibility index (Phi) is 63.2. The van der Waals surface area contributed by atoms with Crippen LogP contribution in [-0.4, -0.2) is 37.2 Å². The molecule has 0 N–H and O–H groups in total. The van der Waals surface area contributed by atoms with Crippen LogP contribution in [0.2, 0.25) is 0 Å². The van der Waals surface area contributed by atoms with Gasteiger partial charge in [0.2, 0.25) is 0 Å². The Morgan fingerprint density at radius 2 is 0.506 bits per heavy atom. The zero-order valence-electron chi connectivity index (χ0n) is 51.5. The van der Waals surface area contributed by atoms with E-state index in [9.17, 15) is 14.4 Å². The van der Waals surface area contributed by atoms with Crippen molar-refractivity contribution in [3.63, 3.8) is 0 Å². The smallest absolute Gasteiger partial charge is 0.306 e. The van der Waals surface area contributed by atoms with Crippen molar-refractivity contribution in [3.8, 4) is 0 Å². The molecule has 0 fully saturated rings. The first-order valence-electron chi connectivity index (χ1n) is 33.8. The van der Waals surface area contributed by atoms with Crippen LogP contribution in [0.1, 0.15) is 355 Å². The van der Waals surface area contributed by atoms with E-state index in [4.69, 9.17) is 14.2 Å². The second kappa shape index (κ2) is 65.6. The van der Waals surface area contributed by atoms with Gasteiger partial charge >= 0.3 is 17.9 Å². The molecule has 0 aliphatic heterocycles. The van der Waals surface area contributed by atoms with Crippen molar-refractivity contribution < 1.29 is 28.6 Å². The minimum Gasteiger partial charge on any atom is -0.462 e. The number of hydrogen-bond acceptors (Lipinski definition) is 6. The van der Waals surface area contributed by atoms with Gasteiger partial charge in [-0.3, -0.25) is 14.4 Å². The van der Waals surface area contributed by atoms with Gasteiger partial charge in [-0.05, 0) is 83.5 Å². The fourth-order valence-corrected chi connectivity index (χ4v) is 9.96. The Labute approximate surface area is 479 Å². The predicted molar refractivity (Wildman–Crippen MR) is 335 cm³/mol. The third-order valence-corrected chi connectivity index (χ3v) is 15.0. The van der Waals surface area contributed by atoms with E-state index in [0.29, 0.717) is 19.3 Å². The van der Waals surface area contributed by atoms with Gasteiger partial charge in [-0.15, -0.1) is 0 Å². The second-order valence-corrected chi connectivity index (χ2v) is 22.7. The van der Waals surface area contributed by atoms with Gasteiger partial charge in [0, 0.05) is 19.3 Å². The summed E-state index contributed by atoms with van der Waals surface area (Å²) in [6.07, 6.45) is 84.1. The van der Waals surface area contributed by atoms with E-state index in [0.717, 1.165) is 83.5 Å². The van der Waals surface area contributed by atoms with Crippen LogP contribution in [0.5, 0.6) is 0 Å². The van der Waals surface area contributed by atoms with Crippen LogP contribution < -0.4 is 0 Å². The highest BCUT2D eigenvalue weighted by atomic mass is 16.6. The maximum Gasteiger partial charge on any atom is 0.306 e. The number of carbonyl (C=O) groups is 3. The fourth-order valence-electron chi connectivity index (χ4n) is 9.96. The van der Waals surface area contributed by atoms with E-state index >= 15 is 0 Å². The van der Waals surface area contributed by atoms with E-state index in [2.05, 4.69) is 81.5 Å². The Balaban J connectivity index is 4.15. The normalized spacial score (nSPS) is 12.4. The molecule has 0 aromatic carbocycles. The number of hydrogen-bond donors (Lipinski definition) is 0. The molecule has 0 amide bonds. The second-order valence-electron chi connectivity index (χ2n) is 22.7. The number of rotatable bonds is 62. The average Bonchev–Trinajstić information content (AvgIpc) is 3.43. The summed E-state index contributed by atoms with van der Waals surface area (Å²) >= 11 is 0. The van der Waals surface area contributed by atoms with E-state index in [1.54, 1.807) is 0 Å². The topological polar surface area (TPSA) is 78.9 Å². The fraction of sp³-hybridized carbons (Fsp3) is 0.817. The molecule has 448 valence electrons. The van der Waals surface area contributed by atoms with E-state index < -0.39 is 6.10 Å². The minimum atomic E-state index is -0.798. The molecule has 0 aliphatic rings. The highest BCUT2D eigenvalue weighted by molar-refractivity contribution is 5.71. The molecule has 0 heterocycles. The van der Waals surface area contributed by atoms with Crippen molar-refractivity contribution in [3.05, 3.63) is 60.8 Å². The Bertz CT molecular complexity index is 1380. The van der Waals surface area contributed by atoms with Gasteiger partial charge in [0.1, 0.15) is 13.2 Å². The Morgan fingerprint density at radius 1 is 0.273 bits per heavy atom. The zero-order valence-corrected chi connectivity index (χ0v) is 51.5. The highest BCUT2D eigenvalue weighted by Crippen LogP contribution is 2.18. The number of ether oxygens (including phenoxy) is 3. The lowest BCUT2D eigenvalue weighted by Gasteiger charge is -2.18. The average molecular weight is 1080 g/mol. The molecule has 0 spiro atoms. The molecule has 6 heteroatoms. The van der Waals surface area contributed by atoms with Crippen molar-refractivity contribution in [2.45, 2.75) is 361 Å². The summed E-state index contributed by atoms with van der Waals surface area (Å²) in [5.41, 5.74) is 0. The van der Waals surface area contributed by atoms with Gasteiger partial charge < -0.3 is 14.2 Å². The van der Waals surface area contributed by atoms with Crippen LogP contribution in [0.3, 0.4) is 0 Å². The number of esters is 3. The summed E-state index contributed by atoms with van der Waals surface area (Å²) in [6, 6.07) is 0. The summed E-state index contributed by atoms with van der Waals surface area (Å²) in [5, 5.41) is 0. The van der Waals surface area contributed by atoms with E-state index in [1.165, 1.54) is 225 Å². The SMILES string of the molecule is CC/C=C\C/C=C\C/C=C\C/C=C\CCCCC(=O)OC(COC(=O)CCCCCCC/C=C\CCCCCC)COC(=O)CCCCCCCCCCCCCCCCCCCCCCCCCCCCCCCCC. The summed E-state index contributed by atoms with van der Waals surface area (Å²) in [4.78, 5) is 38.2. The molecular formula is C71H128O6. The summed E-state index contributed by atoms with van der Waals surface area (Å²) in [5.74, 6) is -0.925. The molecule has 0 aromatic heterocycles. The van der Waals surface area contributed by atoms with Crippen molar-refractivity contribution >= 4 is 17.9 Å². The molecule has 0 aliphatic carbocycles. The molecule has 0 aromatic rings. The lowest BCUT2D eigenvalue weighted by molar-refractivity contribution is -0.167. The van der Waals surface area contributed by atoms with Gasteiger partial charge in [0.05, 0.1) is 0 Å². The molecule has 0 rings (SSSR count). The Morgan fingerprint density at radius 3 is 0.844 bits per heavy atom. The lowest BCUT2D eigenvalue weighted by atomic mass is 10.0. The zero-order chi connectivity index (χ0) is 55.7. The molecular weight excluding hydrogens is 949 g/mol. The van der Waals surface area contributed by atoms with Crippen LogP contribution in [0.25, 0.3) is 0 Å². The van der Waals surface area contributed by atoms with Gasteiger partial charge in [-0.1, -0.05) is 313 Å². The van der Waals surface area contributed by atoms with Crippen molar-refractivity contribution in [1.82, 2.24) is 0 Å². The summed E-state index contributed by atoms with van der Waals surface area (Å²) in [7, 11) is 0. The van der Waals surface area contributed by atoms with Crippen LogP contribution in [0.15, 0.2) is 60.8 Å². The molecule has 0 saturated heterocycles. The third kappa shape index (κ3) is 63.8. The molecule has 0 radical (unpaired) electrons. The van der Waals surface area contributed by atoms with Crippen LogP contribution >= 0.6 is 0 Å². The molecule has 1 unspecified atom stereocenters. The molecule has 0 saturated carbocycles. The molecule has 6 nitrogen and oxygen atoms in total. The van der Waals surface area contributed by atoms with Crippen LogP contribution in [0, 0.1) is 0 Å². The first-order chi connectivity index (χ1) is 38.0. The van der Waals surface area contributed by atoms with Gasteiger partial charge in [-0.2, -0.15) is 0 Å². The number of unbranched alkanes of at least 4 members (excludes halogenated alkanes) is 41. The van der Waals surface area contributed by atoms with Crippen LogP contribution in [0.4, 0.5) is 0 Å². The minimum absolute atomic E-state index is 0.0907. The van der Waals surface area contributed by atoms with Crippen molar-refractivity contribution in [2.75, 3.05) is 13.2 Å². The first kappa shape index (κ1) is 74.1. The monoisotopic (exact) mass is 1080 g/mol. The summed E-state index contributed by atoms with van der Waals surface area (Å²) in [6.45, 7) is 6.52. The van der Waals surface area contributed by atoms with Crippen LogP contribution in [-0.2, 0) is 28.6 Å². The maximum atomic E-state index is 12.9. The maximum absolute atomic E-state index is 12.9. The molecule has 0 bridgehead atoms. The third-order valence-electron chi connectivity index (χ3n) is 15.0. The Hall–Kier alpha value is -2.89. The lowest BCUT2D eigenvalue weighted by Crippen LogP contribution is -2.30. The predicted octanol–water partition coefficient (Wildman–Crippen LogP) is 23.1. The standard InChI is InChI=1S/C71H128O6/c1-4-7-10-13-16-19-22-25-27-28-29-30-31-32-33-34-35-36-37-38-39-40-41-42-44-46-49-52-55-58-61-64-70(73)76-67-68(66-75-69(72)63-60-57-54-51-48-45-24-21-18-15-12-9-6-3)77-71(74)65-62-59-56-53-50-47-43-26-23-20-17-14-11-8-5-2/h8,11,17,20-21,24,26,43,50,53,68H,4-7,9-10,12-16,18-19,22-23,25,27-42,44-49,51-52,54-67H2,1-3H3/b11-8-,20-17-,24-21-,43-26-,53-50-. The quantitative estimate of drug-likeness (QED) is 0.0261. The molecule has 1 atom stereocenters. The van der Waals surface area contributed by atoms with Gasteiger partial charge in [0.25, 0.3) is 0 Å². The van der Waals surface area contributed by atoms with Crippen molar-refractivity contribution in [2.24, 2.45) is 0 Å². The molecule has 77 heavy (non-hydrogen) atoms. The number of allylic oxidation sites excluding steroid dienone is 10. The van der Waals surface area contributed by atoms with E-state index in [-0.39, 0.29) is 37.5 Å². The van der Waals surface area contributed by atoms with Crippen molar-refractivity contribution in [1.29, 1.82) is 0 Å². The number of carbonyl (C=O) groups excluding carboxylic acids is 3. The highest BCUT2D eigenvalue weighted by Gasteiger charge is 2.19. The first-order valence-corrected chi connectivity index (χ1v) is 33.8. The van der Waals surface area contributed by atoms with E-state index in [1.807, 2.05) is 0 Å². The van der Waals surface area contributed by atoms with Gasteiger partial charge in [0.15, 0.2) is 6.10 Å². The largest absolute Gasteiger partial charge is 0.462 e. The van der Waals surface area contributed by atoms with Gasteiger partial charge in [-0.25, -0.2) is 0 Å². The summed E-state index contributed by atoms with van der Waals surface area (Å²) < 4.78 is 16.9.